The monoisotopic (exact) mass is 583 g/mol. The van der Waals surface area contributed by atoms with Gasteiger partial charge in [-0.1, -0.05) is 29.8 Å². The minimum atomic E-state index is -3.08. The summed E-state index contributed by atoms with van der Waals surface area (Å²) in [5, 5.41) is 11.8. The lowest BCUT2D eigenvalue weighted by Crippen LogP contribution is -2.49. The number of fused-ring (bicyclic) bond motifs is 4. The second kappa shape index (κ2) is 10.7. The number of benzene rings is 2. The standard InChI is InChI=1S/C31H38ClN3O4S/c1-20-5-3-7-28(36)25-11-8-23(25)17-35-18-31(14-4-6-21-15-24(32)10-12-26(21)31)19-39-29-13-9-22(16-27(29)35)30(37)34-40(2,38)33-20/h3,7,9-10,12-13,15-16,20,23,25,28,36H,2,4-6,8,11,14,17-19H2,1H3,(H2,33,34,37,38)/b7-3+/t20-,23-,25+,28-,31-,40?/m0/s1. The number of carbonyl (C=O) groups is 1. The van der Waals surface area contributed by atoms with Gasteiger partial charge in [-0.15, -0.1) is 0 Å². The van der Waals surface area contributed by atoms with E-state index in [0.29, 0.717) is 24.5 Å². The van der Waals surface area contributed by atoms with E-state index in [2.05, 4.69) is 32.3 Å². The van der Waals surface area contributed by atoms with E-state index in [1.54, 1.807) is 6.07 Å². The maximum absolute atomic E-state index is 13.3. The number of nitrogens with zero attached hydrogens (tertiary/aromatic N) is 1. The lowest BCUT2D eigenvalue weighted by molar-refractivity contribution is 0.0456. The summed E-state index contributed by atoms with van der Waals surface area (Å²) in [6, 6.07) is 11.4. The Morgan fingerprint density at radius 2 is 2.08 bits per heavy atom. The van der Waals surface area contributed by atoms with Gasteiger partial charge in [-0.05, 0) is 105 Å². The molecule has 0 saturated heterocycles. The van der Waals surface area contributed by atoms with Crippen LogP contribution in [0.15, 0.2) is 48.6 Å². The number of ether oxygens (including phenoxy) is 1. The molecule has 2 heterocycles. The molecule has 2 bridgehead atoms. The van der Waals surface area contributed by atoms with E-state index < -0.39 is 21.9 Å². The fraction of sp³-hybridized carbons (Fsp3) is 0.484. The number of aliphatic hydroxyl groups excluding tert-OH is 1. The fourth-order valence-corrected chi connectivity index (χ4v) is 8.40. The summed E-state index contributed by atoms with van der Waals surface area (Å²) in [7, 11) is -3.08. The summed E-state index contributed by atoms with van der Waals surface area (Å²) >= 11 is 6.38. The van der Waals surface area contributed by atoms with E-state index in [1.807, 2.05) is 37.3 Å². The molecule has 6 rings (SSSR count). The number of hydrogen-bond donors (Lipinski definition) is 3. The normalized spacial score (nSPS) is 34.9. The molecule has 1 spiro atoms. The zero-order valence-corrected chi connectivity index (χ0v) is 24.5. The van der Waals surface area contributed by atoms with Gasteiger partial charge >= 0.3 is 0 Å². The second-order valence-corrected chi connectivity index (χ2v) is 14.3. The molecule has 40 heavy (non-hydrogen) atoms. The third-order valence-electron chi connectivity index (χ3n) is 9.14. The molecule has 7 nitrogen and oxygen atoms in total. The summed E-state index contributed by atoms with van der Waals surface area (Å²) in [6.45, 7) is 3.91. The van der Waals surface area contributed by atoms with E-state index in [1.165, 1.54) is 11.1 Å². The Hall–Kier alpha value is -2.52. The van der Waals surface area contributed by atoms with Gasteiger partial charge in [0.25, 0.3) is 5.91 Å². The van der Waals surface area contributed by atoms with Gasteiger partial charge in [0.1, 0.15) is 15.6 Å². The molecule has 2 aromatic rings. The minimum absolute atomic E-state index is 0.164. The first-order valence-electron chi connectivity index (χ1n) is 14.2. The van der Waals surface area contributed by atoms with Crippen LogP contribution in [0.2, 0.25) is 5.02 Å². The van der Waals surface area contributed by atoms with Gasteiger partial charge in [0.05, 0.1) is 18.4 Å². The maximum Gasteiger partial charge on any atom is 0.263 e. The van der Waals surface area contributed by atoms with Crippen molar-refractivity contribution < 1.29 is 18.8 Å². The molecule has 214 valence electrons. The Bertz CT molecular complexity index is 1440. The molecule has 2 aromatic carbocycles. The molecular weight excluding hydrogens is 546 g/mol. The van der Waals surface area contributed by atoms with Crippen LogP contribution < -0.4 is 19.1 Å². The first-order chi connectivity index (χ1) is 19.1. The zero-order valence-electron chi connectivity index (χ0n) is 22.9. The van der Waals surface area contributed by atoms with Crippen molar-refractivity contribution in [1.29, 1.82) is 0 Å². The molecule has 2 aliphatic carbocycles. The molecule has 0 aromatic heterocycles. The zero-order chi connectivity index (χ0) is 28.1. The Kier molecular flexibility index (Phi) is 7.40. The second-order valence-electron chi connectivity index (χ2n) is 12.1. The van der Waals surface area contributed by atoms with Crippen LogP contribution in [-0.2, 0) is 21.7 Å². The number of halogens is 1. The fourth-order valence-electron chi connectivity index (χ4n) is 6.99. The van der Waals surface area contributed by atoms with E-state index in [-0.39, 0.29) is 17.4 Å². The van der Waals surface area contributed by atoms with Crippen LogP contribution in [0.1, 0.15) is 60.5 Å². The van der Waals surface area contributed by atoms with Crippen molar-refractivity contribution in [2.75, 3.05) is 24.6 Å². The van der Waals surface area contributed by atoms with Crippen molar-refractivity contribution in [1.82, 2.24) is 9.44 Å². The number of rotatable bonds is 0. The smallest absolute Gasteiger partial charge is 0.263 e. The lowest BCUT2D eigenvalue weighted by Gasteiger charge is -2.45. The van der Waals surface area contributed by atoms with Gasteiger partial charge in [0.2, 0.25) is 0 Å². The molecule has 4 aliphatic rings. The highest BCUT2D eigenvalue weighted by Crippen LogP contribution is 2.46. The van der Waals surface area contributed by atoms with Crippen molar-refractivity contribution in [3.8, 4) is 5.75 Å². The first-order valence-corrected chi connectivity index (χ1v) is 16.3. The number of nitrogens with one attached hydrogen (secondary N) is 2. The quantitative estimate of drug-likeness (QED) is 0.316. The number of aryl methyl sites for hydroxylation is 1. The van der Waals surface area contributed by atoms with Crippen LogP contribution in [0.3, 0.4) is 0 Å². The van der Waals surface area contributed by atoms with Gasteiger partial charge in [-0.25, -0.2) is 8.93 Å². The van der Waals surface area contributed by atoms with Crippen molar-refractivity contribution in [3.63, 3.8) is 0 Å². The first kappa shape index (κ1) is 27.6. The predicted octanol–water partition coefficient (Wildman–Crippen LogP) is 4.41. The van der Waals surface area contributed by atoms with Crippen LogP contribution in [0, 0.1) is 11.8 Å². The van der Waals surface area contributed by atoms with Crippen LogP contribution in [0.4, 0.5) is 5.69 Å². The van der Waals surface area contributed by atoms with Crippen LogP contribution in [-0.4, -0.2) is 52.9 Å². The highest BCUT2D eigenvalue weighted by atomic mass is 35.5. The van der Waals surface area contributed by atoms with Gasteiger partial charge in [0.15, 0.2) is 0 Å². The molecule has 1 amide bonds. The molecule has 0 radical (unpaired) electrons. The molecule has 9 heteroatoms. The number of anilines is 1. The molecule has 1 unspecified atom stereocenters. The van der Waals surface area contributed by atoms with Gasteiger partial charge in [0, 0.05) is 35.1 Å². The highest BCUT2D eigenvalue weighted by Gasteiger charge is 2.44. The number of aliphatic hydroxyl groups is 1. The third kappa shape index (κ3) is 5.39. The van der Waals surface area contributed by atoms with Crippen LogP contribution in [0.5, 0.6) is 5.75 Å². The average molecular weight is 584 g/mol. The Morgan fingerprint density at radius 3 is 2.88 bits per heavy atom. The predicted molar refractivity (Wildman–Crippen MR) is 162 cm³/mol. The molecule has 3 N–H and O–H groups in total. The summed E-state index contributed by atoms with van der Waals surface area (Å²) in [6.07, 6.45) is 8.87. The van der Waals surface area contributed by atoms with Gasteiger partial charge < -0.3 is 14.7 Å². The minimum Gasteiger partial charge on any atom is -0.490 e. The molecule has 6 atom stereocenters. The van der Waals surface area contributed by atoms with E-state index in [0.717, 1.165) is 61.7 Å². The Morgan fingerprint density at radius 1 is 1.23 bits per heavy atom. The molecule has 1 fully saturated rings. The van der Waals surface area contributed by atoms with Crippen LogP contribution in [0.25, 0.3) is 0 Å². The summed E-state index contributed by atoms with van der Waals surface area (Å²) in [4.78, 5) is 15.6. The Labute approximate surface area is 242 Å². The number of hydrogen-bond acceptors (Lipinski definition) is 5. The van der Waals surface area contributed by atoms with Crippen molar-refractivity contribution >= 4 is 39.0 Å². The van der Waals surface area contributed by atoms with Crippen molar-refractivity contribution in [3.05, 3.63) is 70.3 Å². The molecule has 2 aliphatic heterocycles. The summed E-state index contributed by atoms with van der Waals surface area (Å²) < 4.78 is 25.2. The SMILES string of the molecule is C=S1(=O)NC(=O)c2ccc3c(c2)N(C[C@@H]2CC[C@H]2[C@@H](O)/C=C/C[C@H](C)N1)C[C@@]1(CCCc2cc(Cl)ccc21)CO3. The van der Waals surface area contributed by atoms with Gasteiger partial charge in [-0.2, -0.15) is 0 Å². The highest BCUT2D eigenvalue weighted by molar-refractivity contribution is 7.97. The van der Waals surface area contributed by atoms with E-state index in [9.17, 15) is 14.1 Å². The van der Waals surface area contributed by atoms with Gasteiger partial charge in [-0.3, -0.25) is 9.52 Å². The third-order valence-corrected chi connectivity index (χ3v) is 10.7. The van der Waals surface area contributed by atoms with E-state index in [4.69, 9.17) is 16.3 Å². The lowest BCUT2D eigenvalue weighted by atomic mass is 9.68. The Balaban J connectivity index is 1.42. The summed E-state index contributed by atoms with van der Waals surface area (Å²) in [5.41, 5.74) is 3.59. The molecule has 1 saturated carbocycles. The largest absolute Gasteiger partial charge is 0.490 e. The average Bonchev–Trinajstić information content (AvgIpc) is 3.02. The number of carbonyl (C=O) groups excluding carboxylic acids is 1. The molecular formula is C31H38ClN3O4S. The number of amides is 1. The van der Waals surface area contributed by atoms with Crippen molar-refractivity contribution in [2.24, 2.45) is 11.8 Å². The van der Waals surface area contributed by atoms with E-state index >= 15 is 0 Å². The van der Waals surface area contributed by atoms with Crippen molar-refractivity contribution in [2.45, 2.75) is 63.0 Å². The topological polar surface area (TPSA) is 90.9 Å². The summed E-state index contributed by atoms with van der Waals surface area (Å²) in [5.74, 6) is 4.51. The maximum atomic E-state index is 13.3. The van der Waals surface area contributed by atoms with Crippen LogP contribution >= 0.6 is 11.6 Å².